The summed E-state index contributed by atoms with van der Waals surface area (Å²) in [7, 11) is 0. The highest BCUT2D eigenvalue weighted by Crippen LogP contribution is 2.12. The molecule has 1 aliphatic heterocycles. The lowest BCUT2D eigenvalue weighted by Crippen LogP contribution is -2.51. The zero-order valence-electron chi connectivity index (χ0n) is 8.12. The van der Waals surface area contributed by atoms with E-state index in [1.807, 2.05) is 0 Å². The van der Waals surface area contributed by atoms with Gasteiger partial charge in [0.2, 0.25) is 0 Å². The van der Waals surface area contributed by atoms with Crippen LogP contribution in [0, 0.1) is 0 Å². The van der Waals surface area contributed by atoms with Gasteiger partial charge in [0, 0.05) is 13.2 Å². The van der Waals surface area contributed by atoms with E-state index in [2.05, 4.69) is 5.32 Å². The molecule has 0 amide bonds. The molecule has 1 unspecified atom stereocenters. The average molecular weight is 189 g/mol. The summed E-state index contributed by atoms with van der Waals surface area (Å²) in [5, 5.41) is 21.1. The minimum Gasteiger partial charge on any atom is -0.394 e. The zero-order chi connectivity index (χ0) is 9.73. The van der Waals surface area contributed by atoms with Gasteiger partial charge in [-0.25, -0.2) is 0 Å². The lowest BCUT2D eigenvalue weighted by atomic mass is 10.1. The lowest BCUT2D eigenvalue weighted by Gasteiger charge is -2.27. The number of nitrogens with one attached hydrogen (secondary N) is 1. The second-order valence-electron chi connectivity index (χ2n) is 3.89. The fourth-order valence-corrected chi connectivity index (χ4v) is 1.33. The standard InChI is InChI=1S/C9H19NO3/c1-9(6-11,7-12)10-5-8-3-2-4-13-8/h8,10-12H,2-7H2,1H3. The van der Waals surface area contributed by atoms with Crippen LogP contribution in [-0.4, -0.2) is 48.2 Å². The molecule has 1 aliphatic rings. The fraction of sp³-hybridized carbons (Fsp3) is 1.00. The third-order valence-electron chi connectivity index (χ3n) is 2.48. The van der Waals surface area contributed by atoms with Crippen LogP contribution in [0.25, 0.3) is 0 Å². The van der Waals surface area contributed by atoms with E-state index >= 15 is 0 Å². The largest absolute Gasteiger partial charge is 0.394 e. The van der Waals surface area contributed by atoms with E-state index in [0.29, 0.717) is 6.54 Å². The van der Waals surface area contributed by atoms with Crippen molar-refractivity contribution in [3.05, 3.63) is 0 Å². The first-order chi connectivity index (χ1) is 6.20. The maximum Gasteiger partial charge on any atom is 0.0700 e. The van der Waals surface area contributed by atoms with Crippen molar-refractivity contribution in [3.63, 3.8) is 0 Å². The topological polar surface area (TPSA) is 61.7 Å². The molecule has 0 aromatic rings. The summed E-state index contributed by atoms with van der Waals surface area (Å²) >= 11 is 0. The van der Waals surface area contributed by atoms with Crippen molar-refractivity contribution in [3.8, 4) is 0 Å². The van der Waals surface area contributed by atoms with E-state index in [1.54, 1.807) is 6.92 Å². The van der Waals surface area contributed by atoms with Gasteiger partial charge >= 0.3 is 0 Å². The highest BCUT2D eigenvalue weighted by Gasteiger charge is 2.24. The molecule has 0 saturated carbocycles. The van der Waals surface area contributed by atoms with Crippen LogP contribution in [0.2, 0.25) is 0 Å². The van der Waals surface area contributed by atoms with Gasteiger partial charge in [0.15, 0.2) is 0 Å². The Morgan fingerprint density at radius 2 is 2.15 bits per heavy atom. The molecule has 0 aliphatic carbocycles. The molecule has 0 aromatic carbocycles. The Kier molecular flexibility index (Phi) is 4.12. The number of ether oxygens (including phenoxy) is 1. The molecule has 0 bridgehead atoms. The molecular weight excluding hydrogens is 170 g/mol. The SMILES string of the molecule is CC(CO)(CO)NCC1CCCO1. The van der Waals surface area contributed by atoms with Crippen LogP contribution in [0.15, 0.2) is 0 Å². The minimum atomic E-state index is -0.577. The van der Waals surface area contributed by atoms with Crippen molar-refractivity contribution in [2.45, 2.75) is 31.4 Å². The van der Waals surface area contributed by atoms with Crippen molar-refractivity contribution in [2.75, 3.05) is 26.4 Å². The molecule has 78 valence electrons. The molecule has 1 rings (SSSR count). The zero-order valence-corrected chi connectivity index (χ0v) is 8.12. The van der Waals surface area contributed by atoms with E-state index in [0.717, 1.165) is 19.4 Å². The molecular formula is C9H19NO3. The second-order valence-corrected chi connectivity index (χ2v) is 3.89. The first kappa shape index (κ1) is 10.9. The number of rotatable bonds is 5. The number of hydrogen-bond donors (Lipinski definition) is 3. The molecule has 4 nitrogen and oxygen atoms in total. The van der Waals surface area contributed by atoms with Gasteiger partial charge in [-0.15, -0.1) is 0 Å². The summed E-state index contributed by atoms with van der Waals surface area (Å²) in [6.45, 7) is 3.22. The Bertz CT molecular complexity index is 142. The van der Waals surface area contributed by atoms with Gasteiger partial charge < -0.3 is 20.3 Å². The van der Waals surface area contributed by atoms with E-state index in [1.165, 1.54) is 0 Å². The van der Waals surface area contributed by atoms with Crippen LogP contribution in [0.5, 0.6) is 0 Å². The molecule has 3 N–H and O–H groups in total. The van der Waals surface area contributed by atoms with Crippen LogP contribution in [0.1, 0.15) is 19.8 Å². The third-order valence-corrected chi connectivity index (χ3v) is 2.48. The third kappa shape index (κ3) is 3.23. The van der Waals surface area contributed by atoms with Gasteiger partial charge in [-0.05, 0) is 19.8 Å². The van der Waals surface area contributed by atoms with E-state index < -0.39 is 5.54 Å². The number of aliphatic hydroxyl groups excluding tert-OH is 2. The molecule has 13 heavy (non-hydrogen) atoms. The maximum atomic E-state index is 9.00. The smallest absolute Gasteiger partial charge is 0.0700 e. The molecule has 0 spiro atoms. The molecule has 0 radical (unpaired) electrons. The Morgan fingerprint density at radius 3 is 2.62 bits per heavy atom. The monoisotopic (exact) mass is 189 g/mol. The average Bonchev–Trinajstić information content (AvgIpc) is 2.67. The van der Waals surface area contributed by atoms with Crippen LogP contribution >= 0.6 is 0 Å². The summed E-state index contributed by atoms with van der Waals surface area (Å²) in [5.74, 6) is 0. The molecule has 1 heterocycles. The molecule has 1 saturated heterocycles. The van der Waals surface area contributed by atoms with E-state index in [9.17, 15) is 0 Å². The lowest BCUT2D eigenvalue weighted by molar-refractivity contribution is 0.0695. The normalized spacial score (nSPS) is 23.8. The molecule has 4 heteroatoms. The predicted octanol–water partition coefficient (Wildman–Crippen LogP) is -0.502. The van der Waals surface area contributed by atoms with Crippen molar-refractivity contribution < 1.29 is 14.9 Å². The van der Waals surface area contributed by atoms with Crippen LogP contribution < -0.4 is 5.32 Å². The van der Waals surface area contributed by atoms with E-state index in [4.69, 9.17) is 14.9 Å². The van der Waals surface area contributed by atoms with Gasteiger partial charge in [-0.1, -0.05) is 0 Å². The van der Waals surface area contributed by atoms with Crippen LogP contribution in [-0.2, 0) is 4.74 Å². The van der Waals surface area contributed by atoms with Gasteiger partial charge in [0.1, 0.15) is 0 Å². The van der Waals surface area contributed by atoms with E-state index in [-0.39, 0.29) is 19.3 Å². The Morgan fingerprint density at radius 1 is 1.46 bits per heavy atom. The van der Waals surface area contributed by atoms with Crippen LogP contribution in [0.4, 0.5) is 0 Å². The van der Waals surface area contributed by atoms with Crippen molar-refractivity contribution >= 4 is 0 Å². The van der Waals surface area contributed by atoms with Gasteiger partial charge in [0.25, 0.3) is 0 Å². The first-order valence-electron chi connectivity index (χ1n) is 4.78. The van der Waals surface area contributed by atoms with Gasteiger partial charge in [-0.3, -0.25) is 0 Å². The summed E-state index contributed by atoms with van der Waals surface area (Å²) in [5.41, 5.74) is -0.577. The fourth-order valence-electron chi connectivity index (χ4n) is 1.33. The summed E-state index contributed by atoms with van der Waals surface area (Å²) < 4.78 is 5.41. The Balaban J connectivity index is 2.22. The quantitative estimate of drug-likeness (QED) is 0.545. The molecule has 0 aromatic heterocycles. The Hall–Kier alpha value is -0.160. The molecule has 1 fully saturated rings. The van der Waals surface area contributed by atoms with Gasteiger partial charge in [-0.2, -0.15) is 0 Å². The van der Waals surface area contributed by atoms with Crippen molar-refractivity contribution in [1.29, 1.82) is 0 Å². The highest BCUT2D eigenvalue weighted by atomic mass is 16.5. The summed E-state index contributed by atoms with van der Waals surface area (Å²) in [6, 6.07) is 0. The number of hydrogen-bond acceptors (Lipinski definition) is 4. The predicted molar refractivity (Wildman–Crippen MR) is 49.6 cm³/mol. The second kappa shape index (κ2) is 4.91. The summed E-state index contributed by atoms with van der Waals surface area (Å²) in [6.07, 6.45) is 2.43. The highest BCUT2D eigenvalue weighted by molar-refractivity contribution is 4.83. The number of aliphatic hydroxyl groups is 2. The van der Waals surface area contributed by atoms with Gasteiger partial charge in [0.05, 0.1) is 24.9 Å². The summed E-state index contributed by atoms with van der Waals surface area (Å²) in [4.78, 5) is 0. The maximum absolute atomic E-state index is 9.00. The molecule has 1 atom stereocenters. The first-order valence-corrected chi connectivity index (χ1v) is 4.78. The van der Waals surface area contributed by atoms with Crippen LogP contribution in [0.3, 0.4) is 0 Å². The minimum absolute atomic E-state index is 0.0593. The van der Waals surface area contributed by atoms with Crippen molar-refractivity contribution in [1.82, 2.24) is 5.32 Å². The van der Waals surface area contributed by atoms with Crippen molar-refractivity contribution in [2.24, 2.45) is 0 Å². The Labute approximate surface area is 78.9 Å².